The lowest BCUT2D eigenvalue weighted by Crippen LogP contribution is -1.95. The molecule has 0 radical (unpaired) electrons. The highest BCUT2D eigenvalue weighted by Crippen LogP contribution is 2.23. The Bertz CT molecular complexity index is 547. The summed E-state index contributed by atoms with van der Waals surface area (Å²) in [5.41, 5.74) is 1.76. The molecule has 0 aromatic carbocycles. The Morgan fingerprint density at radius 1 is 1.65 bits per heavy atom. The fourth-order valence-corrected chi connectivity index (χ4v) is 3.03. The highest BCUT2D eigenvalue weighted by Gasteiger charge is 2.10. The molecule has 1 N–H and O–H groups in total. The van der Waals surface area contributed by atoms with Gasteiger partial charge in [0.25, 0.3) is 0 Å². The molecule has 90 valence electrons. The molecule has 0 aliphatic rings. The molecule has 0 spiro atoms. The van der Waals surface area contributed by atoms with E-state index in [0.29, 0.717) is 5.75 Å². The van der Waals surface area contributed by atoms with E-state index >= 15 is 0 Å². The topological polar surface area (TPSA) is 68.0 Å². The monoisotopic (exact) mass is 269 g/mol. The summed E-state index contributed by atoms with van der Waals surface area (Å²) < 4.78 is 1.81. The van der Waals surface area contributed by atoms with Gasteiger partial charge >= 0.3 is 5.97 Å². The van der Waals surface area contributed by atoms with Crippen LogP contribution in [0, 0.1) is 6.92 Å². The maximum absolute atomic E-state index is 10.7. The number of thiazole rings is 1. The zero-order valence-electron chi connectivity index (χ0n) is 9.38. The van der Waals surface area contributed by atoms with Crippen LogP contribution in [0.1, 0.15) is 21.2 Å². The van der Waals surface area contributed by atoms with E-state index in [9.17, 15) is 4.79 Å². The Labute approximate surface area is 106 Å². The van der Waals surface area contributed by atoms with E-state index in [-0.39, 0.29) is 5.01 Å². The van der Waals surface area contributed by atoms with Crippen LogP contribution in [0.2, 0.25) is 0 Å². The number of hydrogen-bond acceptors (Lipinski definition) is 5. The van der Waals surface area contributed by atoms with Crippen LogP contribution in [-0.4, -0.2) is 25.8 Å². The standard InChI is InChI=1S/C10H11N3O2S2/c1-6-3-8(13(2)12-6)16-4-7-5-17-9(11-7)10(14)15/h3,5H,4H2,1-2H3,(H,14,15). The largest absolute Gasteiger partial charge is 0.476 e. The van der Waals surface area contributed by atoms with Gasteiger partial charge in [0, 0.05) is 18.2 Å². The second-order valence-corrected chi connectivity index (χ2v) is 5.34. The third kappa shape index (κ3) is 2.86. The van der Waals surface area contributed by atoms with Crippen molar-refractivity contribution in [2.45, 2.75) is 17.7 Å². The van der Waals surface area contributed by atoms with Crippen molar-refractivity contribution in [1.29, 1.82) is 0 Å². The van der Waals surface area contributed by atoms with Crippen molar-refractivity contribution >= 4 is 29.1 Å². The highest BCUT2D eigenvalue weighted by molar-refractivity contribution is 7.98. The molecule has 5 nitrogen and oxygen atoms in total. The minimum absolute atomic E-state index is 0.141. The Kier molecular flexibility index (Phi) is 3.49. The van der Waals surface area contributed by atoms with Crippen molar-refractivity contribution < 1.29 is 9.90 Å². The Morgan fingerprint density at radius 3 is 2.94 bits per heavy atom. The van der Waals surface area contributed by atoms with E-state index in [4.69, 9.17) is 5.11 Å². The van der Waals surface area contributed by atoms with E-state index < -0.39 is 5.97 Å². The third-order valence-corrected chi connectivity index (χ3v) is 4.06. The Balaban J connectivity index is 2.02. The molecule has 0 aliphatic heterocycles. The van der Waals surface area contributed by atoms with Gasteiger partial charge in [-0.15, -0.1) is 23.1 Å². The average Bonchev–Trinajstić information content (AvgIpc) is 2.82. The first-order valence-electron chi connectivity index (χ1n) is 4.87. The van der Waals surface area contributed by atoms with Crippen molar-refractivity contribution in [2.75, 3.05) is 0 Å². The first-order valence-corrected chi connectivity index (χ1v) is 6.74. The van der Waals surface area contributed by atoms with Crippen LogP contribution >= 0.6 is 23.1 Å². The first-order chi connectivity index (χ1) is 8.06. The lowest BCUT2D eigenvalue weighted by Gasteiger charge is -1.98. The molecule has 0 amide bonds. The molecule has 2 aromatic rings. The van der Waals surface area contributed by atoms with Gasteiger partial charge in [-0.05, 0) is 13.0 Å². The molecule has 17 heavy (non-hydrogen) atoms. The molecule has 2 aromatic heterocycles. The predicted octanol–water partition coefficient (Wildman–Crippen LogP) is 2.18. The lowest BCUT2D eigenvalue weighted by molar-refractivity contribution is 0.0696. The van der Waals surface area contributed by atoms with Crippen molar-refractivity contribution in [2.24, 2.45) is 7.05 Å². The van der Waals surface area contributed by atoms with Crippen LogP contribution in [0.5, 0.6) is 0 Å². The van der Waals surface area contributed by atoms with Crippen LogP contribution in [0.25, 0.3) is 0 Å². The average molecular weight is 269 g/mol. The number of thioether (sulfide) groups is 1. The molecule has 2 heterocycles. The number of nitrogens with zero attached hydrogens (tertiary/aromatic N) is 3. The van der Waals surface area contributed by atoms with E-state index in [1.165, 1.54) is 0 Å². The van der Waals surface area contributed by atoms with Crippen LogP contribution in [0.4, 0.5) is 0 Å². The number of carbonyl (C=O) groups is 1. The number of aryl methyl sites for hydroxylation is 2. The first kappa shape index (κ1) is 12.1. The molecule has 7 heteroatoms. The van der Waals surface area contributed by atoms with Gasteiger partial charge in [-0.25, -0.2) is 9.78 Å². The summed E-state index contributed by atoms with van der Waals surface area (Å²) in [4.78, 5) is 14.7. The van der Waals surface area contributed by atoms with Crippen LogP contribution in [0.3, 0.4) is 0 Å². The van der Waals surface area contributed by atoms with Crippen LogP contribution in [0.15, 0.2) is 16.5 Å². The molecule has 0 atom stereocenters. The van der Waals surface area contributed by atoms with E-state index in [1.54, 1.807) is 17.1 Å². The van der Waals surface area contributed by atoms with Gasteiger partial charge in [-0.1, -0.05) is 0 Å². The Hall–Kier alpha value is -1.34. The zero-order valence-corrected chi connectivity index (χ0v) is 11.0. The maximum atomic E-state index is 10.7. The molecule has 0 unspecified atom stereocenters. The molecular formula is C10H11N3O2S2. The summed E-state index contributed by atoms with van der Waals surface area (Å²) in [6, 6.07) is 2.00. The molecule has 0 fully saturated rings. The summed E-state index contributed by atoms with van der Waals surface area (Å²) in [6.07, 6.45) is 0. The summed E-state index contributed by atoms with van der Waals surface area (Å²) >= 11 is 2.75. The smallest absolute Gasteiger partial charge is 0.365 e. The second-order valence-electron chi connectivity index (χ2n) is 3.49. The number of hydrogen-bond donors (Lipinski definition) is 1. The number of carboxylic acid groups (broad SMARTS) is 1. The highest BCUT2D eigenvalue weighted by atomic mass is 32.2. The minimum atomic E-state index is -0.970. The quantitative estimate of drug-likeness (QED) is 0.862. The molecule has 0 saturated carbocycles. The molecular weight excluding hydrogens is 258 g/mol. The second kappa shape index (κ2) is 4.89. The predicted molar refractivity (Wildman–Crippen MR) is 66.6 cm³/mol. The van der Waals surface area contributed by atoms with Gasteiger partial charge in [0.1, 0.15) is 0 Å². The van der Waals surface area contributed by atoms with Crippen molar-refractivity contribution in [3.8, 4) is 0 Å². The summed E-state index contributed by atoms with van der Waals surface area (Å²) in [6.45, 7) is 1.94. The van der Waals surface area contributed by atoms with E-state index in [2.05, 4.69) is 10.1 Å². The van der Waals surface area contributed by atoms with E-state index in [1.807, 2.05) is 24.7 Å². The number of aromatic nitrogens is 3. The molecule has 2 rings (SSSR count). The van der Waals surface area contributed by atoms with Gasteiger partial charge in [0.05, 0.1) is 16.4 Å². The van der Waals surface area contributed by atoms with Gasteiger partial charge in [0.2, 0.25) is 5.01 Å². The fourth-order valence-electron chi connectivity index (χ4n) is 1.34. The number of rotatable bonds is 4. The van der Waals surface area contributed by atoms with Gasteiger partial charge in [-0.2, -0.15) is 5.10 Å². The molecule has 0 aliphatic carbocycles. The molecule has 0 saturated heterocycles. The van der Waals surface area contributed by atoms with Crippen molar-refractivity contribution in [1.82, 2.24) is 14.8 Å². The summed E-state index contributed by atoms with van der Waals surface area (Å²) in [5.74, 6) is -0.314. The van der Waals surface area contributed by atoms with Gasteiger partial charge in [0.15, 0.2) is 0 Å². The third-order valence-electron chi connectivity index (χ3n) is 2.06. The van der Waals surface area contributed by atoms with Crippen LogP contribution in [-0.2, 0) is 12.8 Å². The minimum Gasteiger partial charge on any atom is -0.476 e. The maximum Gasteiger partial charge on any atom is 0.365 e. The fraction of sp³-hybridized carbons (Fsp3) is 0.300. The molecule has 0 bridgehead atoms. The van der Waals surface area contributed by atoms with Crippen LogP contribution < -0.4 is 0 Å². The number of carboxylic acids is 1. The van der Waals surface area contributed by atoms with E-state index in [0.717, 1.165) is 27.8 Å². The van der Waals surface area contributed by atoms with Crippen molar-refractivity contribution in [3.63, 3.8) is 0 Å². The summed E-state index contributed by atoms with van der Waals surface area (Å²) in [7, 11) is 1.89. The Morgan fingerprint density at radius 2 is 2.41 bits per heavy atom. The zero-order chi connectivity index (χ0) is 12.4. The van der Waals surface area contributed by atoms with Gasteiger partial charge in [-0.3, -0.25) is 4.68 Å². The normalized spacial score (nSPS) is 10.7. The SMILES string of the molecule is Cc1cc(SCc2csc(C(=O)O)n2)n(C)n1. The summed E-state index contributed by atoms with van der Waals surface area (Å²) in [5, 5.41) is 16.0. The van der Waals surface area contributed by atoms with Crippen molar-refractivity contribution in [3.05, 3.63) is 27.8 Å². The number of aromatic carboxylic acids is 1. The lowest BCUT2D eigenvalue weighted by atomic mass is 10.5. The van der Waals surface area contributed by atoms with Gasteiger partial charge < -0.3 is 5.11 Å².